The lowest BCUT2D eigenvalue weighted by Crippen LogP contribution is -2.14. The van der Waals surface area contributed by atoms with E-state index in [0.717, 1.165) is 39.8 Å². The summed E-state index contributed by atoms with van der Waals surface area (Å²) in [6.07, 6.45) is 3.03. The molecule has 1 amide bonds. The van der Waals surface area contributed by atoms with Crippen molar-refractivity contribution in [3.8, 4) is 5.75 Å². The molecule has 6 aromatic rings. The molecule has 44 heavy (non-hydrogen) atoms. The van der Waals surface area contributed by atoms with Crippen LogP contribution in [0.3, 0.4) is 0 Å². The first-order valence-electron chi connectivity index (χ1n) is 14.5. The molecule has 0 saturated heterocycles. The van der Waals surface area contributed by atoms with Crippen molar-refractivity contribution in [2.75, 3.05) is 5.32 Å². The van der Waals surface area contributed by atoms with Gasteiger partial charge in [-0.25, -0.2) is 4.79 Å². The minimum absolute atomic E-state index is 0.120. The molecule has 0 radical (unpaired) electrons. The number of hydrogen-bond acceptors (Lipinski definition) is 3. The molecule has 6 rings (SSSR count). The summed E-state index contributed by atoms with van der Waals surface area (Å²) in [6, 6.07) is 41.3. The normalized spacial score (nSPS) is 10.9. The Morgan fingerprint density at radius 2 is 1.39 bits per heavy atom. The number of carboxylic acid groups (broad SMARTS) is 1. The van der Waals surface area contributed by atoms with Crippen molar-refractivity contribution in [2.24, 2.45) is 0 Å². The molecule has 0 aliphatic carbocycles. The highest BCUT2D eigenvalue weighted by molar-refractivity contribution is 5.97. The SMILES string of the molecule is O=C(Cc1cn(Cc2ccc(Cc3ccccc3)cc2)c2ccc(OCc3ccccc3)cc12)Nc1cccc(C(=O)O)c1. The Kier molecular flexibility index (Phi) is 8.50. The molecule has 2 N–H and O–H groups in total. The lowest BCUT2D eigenvalue weighted by atomic mass is 10.0. The first-order chi connectivity index (χ1) is 21.5. The molecule has 0 aliphatic rings. The standard InChI is InChI=1S/C38H32N2O4/c41-37(39-33-13-7-12-31(21-33)38(42)43)22-32-25-40(24-29-16-14-28(15-17-29)20-27-8-3-1-4-9-27)36-19-18-34(23-35(32)36)44-26-30-10-5-2-6-11-30/h1-19,21,23,25H,20,22,24,26H2,(H,39,41)(H,42,43). The second kappa shape index (κ2) is 13.1. The van der Waals surface area contributed by atoms with E-state index < -0.39 is 5.97 Å². The monoisotopic (exact) mass is 580 g/mol. The van der Waals surface area contributed by atoms with E-state index in [9.17, 15) is 14.7 Å². The molecule has 5 aromatic carbocycles. The van der Waals surface area contributed by atoms with Gasteiger partial charge < -0.3 is 19.7 Å². The minimum atomic E-state index is -1.04. The van der Waals surface area contributed by atoms with E-state index in [4.69, 9.17) is 4.74 Å². The van der Waals surface area contributed by atoms with Gasteiger partial charge in [-0.3, -0.25) is 4.79 Å². The van der Waals surface area contributed by atoms with E-state index in [2.05, 4.69) is 58.4 Å². The summed E-state index contributed by atoms with van der Waals surface area (Å²) < 4.78 is 8.28. The van der Waals surface area contributed by atoms with Gasteiger partial charge in [-0.15, -0.1) is 0 Å². The number of carboxylic acids is 1. The van der Waals surface area contributed by atoms with Crippen molar-refractivity contribution in [3.63, 3.8) is 0 Å². The molecule has 0 spiro atoms. The number of ether oxygens (including phenoxy) is 1. The predicted octanol–water partition coefficient (Wildman–Crippen LogP) is 7.74. The van der Waals surface area contributed by atoms with Crippen LogP contribution in [0.15, 0.2) is 134 Å². The fourth-order valence-electron chi connectivity index (χ4n) is 5.35. The quantitative estimate of drug-likeness (QED) is 0.164. The van der Waals surface area contributed by atoms with Gasteiger partial charge in [-0.05, 0) is 70.6 Å². The average Bonchev–Trinajstić information content (AvgIpc) is 3.37. The molecule has 1 heterocycles. The second-order valence-electron chi connectivity index (χ2n) is 10.8. The number of nitrogens with zero attached hydrogens (tertiary/aromatic N) is 1. The number of aromatic nitrogens is 1. The number of amides is 1. The second-order valence-corrected chi connectivity index (χ2v) is 10.8. The molecule has 0 aliphatic heterocycles. The Balaban J connectivity index is 1.24. The highest BCUT2D eigenvalue weighted by Gasteiger charge is 2.15. The largest absolute Gasteiger partial charge is 0.489 e. The molecule has 1 aromatic heterocycles. The van der Waals surface area contributed by atoms with Crippen molar-refractivity contribution >= 4 is 28.5 Å². The van der Waals surface area contributed by atoms with E-state index in [1.807, 2.05) is 60.8 Å². The molecule has 0 fully saturated rings. The van der Waals surface area contributed by atoms with Crippen molar-refractivity contribution in [1.29, 1.82) is 0 Å². The number of carbonyl (C=O) groups is 2. The van der Waals surface area contributed by atoms with Crippen LogP contribution in [0.5, 0.6) is 5.75 Å². The van der Waals surface area contributed by atoms with Crippen LogP contribution >= 0.6 is 0 Å². The van der Waals surface area contributed by atoms with Gasteiger partial charge in [-0.1, -0.05) is 91.0 Å². The summed E-state index contributed by atoms with van der Waals surface area (Å²) in [4.78, 5) is 24.5. The maximum absolute atomic E-state index is 13.2. The maximum atomic E-state index is 13.2. The lowest BCUT2D eigenvalue weighted by molar-refractivity contribution is -0.115. The number of rotatable bonds is 11. The Labute approximate surface area is 256 Å². The molecular weight excluding hydrogens is 548 g/mol. The van der Waals surface area contributed by atoms with E-state index in [1.165, 1.54) is 23.3 Å². The number of fused-ring (bicyclic) bond motifs is 1. The molecule has 0 unspecified atom stereocenters. The van der Waals surface area contributed by atoms with E-state index in [1.54, 1.807) is 12.1 Å². The molecule has 0 bridgehead atoms. The predicted molar refractivity (Wildman–Crippen MR) is 173 cm³/mol. The summed E-state index contributed by atoms with van der Waals surface area (Å²) in [5.74, 6) is -0.548. The zero-order valence-corrected chi connectivity index (χ0v) is 24.1. The Hall–Kier alpha value is -5.62. The van der Waals surface area contributed by atoms with Gasteiger partial charge in [0, 0.05) is 29.3 Å². The molecular formula is C38H32N2O4. The maximum Gasteiger partial charge on any atom is 0.335 e. The summed E-state index contributed by atoms with van der Waals surface area (Å²) >= 11 is 0. The van der Waals surface area contributed by atoms with Crippen LogP contribution in [0.1, 0.15) is 38.2 Å². The van der Waals surface area contributed by atoms with Gasteiger partial charge in [-0.2, -0.15) is 0 Å². The van der Waals surface area contributed by atoms with Crippen molar-refractivity contribution in [3.05, 3.63) is 167 Å². The smallest absolute Gasteiger partial charge is 0.335 e. The summed E-state index contributed by atoms with van der Waals surface area (Å²) in [7, 11) is 0. The lowest BCUT2D eigenvalue weighted by Gasteiger charge is -2.09. The summed E-state index contributed by atoms with van der Waals surface area (Å²) in [6.45, 7) is 1.09. The Bertz CT molecular complexity index is 1900. The van der Waals surface area contributed by atoms with Crippen molar-refractivity contribution in [2.45, 2.75) is 26.0 Å². The fourth-order valence-corrected chi connectivity index (χ4v) is 5.35. The van der Waals surface area contributed by atoms with E-state index >= 15 is 0 Å². The zero-order chi connectivity index (χ0) is 30.3. The molecule has 0 saturated carbocycles. The van der Waals surface area contributed by atoms with Gasteiger partial charge in [0.15, 0.2) is 0 Å². The van der Waals surface area contributed by atoms with Gasteiger partial charge in [0.2, 0.25) is 5.91 Å². The highest BCUT2D eigenvalue weighted by Crippen LogP contribution is 2.28. The van der Waals surface area contributed by atoms with Crippen LogP contribution in [0.4, 0.5) is 5.69 Å². The Morgan fingerprint density at radius 1 is 0.705 bits per heavy atom. The average molecular weight is 581 g/mol. The third-order valence-corrected chi connectivity index (χ3v) is 7.55. The van der Waals surface area contributed by atoms with Crippen molar-refractivity contribution in [1.82, 2.24) is 4.57 Å². The summed E-state index contributed by atoms with van der Waals surface area (Å²) in [5, 5.41) is 13.1. The van der Waals surface area contributed by atoms with E-state index in [0.29, 0.717) is 18.8 Å². The van der Waals surface area contributed by atoms with Crippen LogP contribution in [0.2, 0.25) is 0 Å². The van der Waals surface area contributed by atoms with Crippen molar-refractivity contribution < 1.29 is 19.4 Å². The summed E-state index contributed by atoms with van der Waals surface area (Å²) in [5.41, 5.74) is 7.18. The fraction of sp³-hybridized carbons (Fsp3) is 0.105. The van der Waals surface area contributed by atoms with Crippen LogP contribution in [-0.2, 0) is 30.8 Å². The number of carbonyl (C=O) groups excluding carboxylic acids is 1. The van der Waals surface area contributed by atoms with E-state index in [-0.39, 0.29) is 17.9 Å². The third kappa shape index (κ3) is 7.05. The topological polar surface area (TPSA) is 80.6 Å². The van der Waals surface area contributed by atoms with Crippen LogP contribution < -0.4 is 10.1 Å². The van der Waals surface area contributed by atoms with Crippen LogP contribution in [0, 0.1) is 0 Å². The first-order valence-corrected chi connectivity index (χ1v) is 14.5. The van der Waals surface area contributed by atoms with Gasteiger partial charge in [0.25, 0.3) is 0 Å². The Morgan fingerprint density at radius 3 is 2.11 bits per heavy atom. The van der Waals surface area contributed by atoms with Gasteiger partial charge >= 0.3 is 5.97 Å². The number of anilines is 1. The molecule has 6 nitrogen and oxygen atoms in total. The zero-order valence-electron chi connectivity index (χ0n) is 24.1. The minimum Gasteiger partial charge on any atom is -0.489 e. The van der Waals surface area contributed by atoms with Crippen LogP contribution in [-0.4, -0.2) is 21.6 Å². The number of aromatic carboxylic acids is 1. The number of benzene rings is 5. The number of hydrogen-bond donors (Lipinski definition) is 2. The van der Waals surface area contributed by atoms with Gasteiger partial charge in [0.1, 0.15) is 12.4 Å². The first kappa shape index (κ1) is 28.5. The molecule has 218 valence electrons. The third-order valence-electron chi connectivity index (χ3n) is 7.55. The molecule has 6 heteroatoms. The number of nitrogens with one attached hydrogen (secondary N) is 1. The highest BCUT2D eigenvalue weighted by atomic mass is 16.5. The van der Waals surface area contributed by atoms with Crippen LogP contribution in [0.25, 0.3) is 10.9 Å². The molecule has 0 atom stereocenters. The van der Waals surface area contributed by atoms with Gasteiger partial charge in [0.05, 0.1) is 12.0 Å².